The molecule has 29 heavy (non-hydrogen) atoms. The number of esters is 1. The van der Waals surface area contributed by atoms with Crippen molar-refractivity contribution in [3.8, 4) is 0 Å². The van der Waals surface area contributed by atoms with E-state index in [-0.39, 0.29) is 36.0 Å². The molecule has 0 N–H and O–H groups in total. The van der Waals surface area contributed by atoms with E-state index in [1.54, 1.807) is 0 Å². The predicted octanol–water partition coefficient (Wildman–Crippen LogP) is 4.13. The standard InChI is InChI=1S/C22H30FNO4S/c23-19-6-9-21(10-7-19)29(26,27)24-13-11-17(12-14-24)22(25)28-20-8-5-16-3-1-2-4-18(16)15-20/h6-7,9-10,16-18,20H,1-5,8,11-15H2/t16-,18+,20+/m0/s1. The summed E-state index contributed by atoms with van der Waals surface area (Å²) in [6.45, 7) is 0.573. The highest BCUT2D eigenvalue weighted by Crippen LogP contribution is 2.41. The Kier molecular flexibility index (Phi) is 6.25. The van der Waals surface area contributed by atoms with Gasteiger partial charge >= 0.3 is 5.97 Å². The number of hydrogen-bond donors (Lipinski definition) is 0. The van der Waals surface area contributed by atoms with Gasteiger partial charge in [0, 0.05) is 13.1 Å². The summed E-state index contributed by atoms with van der Waals surface area (Å²) in [7, 11) is -3.65. The highest BCUT2D eigenvalue weighted by Gasteiger charge is 2.37. The molecule has 3 aliphatic rings. The second kappa shape index (κ2) is 8.72. The van der Waals surface area contributed by atoms with Crippen LogP contribution in [0.25, 0.3) is 0 Å². The van der Waals surface area contributed by atoms with E-state index in [0.29, 0.717) is 18.8 Å². The summed E-state index contributed by atoms with van der Waals surface area (Å²) in [6.07, 6.45) is 9.31. The Morgan fingerprint density at radius 2 is 1.59 bits per heavy atom. The third-order valence-corrected chi connectivity index (χ3v) is 8.93. The number of carbonyl (C=O) groups excluding carboxylic acids is 1. The van der Waals surface area contributed by atoms with E-state index in [4.69, 9.17) is 4.74 Å². The molecule has 1 aliphatic heterocycles. The molecular formula is C22H30FNO4S. The number of benzene rings is 1. The zero-order valence-electron chi connectivity index (χ0n) is 16.8. The van der Waals surface area contributed by atoms with Crippen molar-refractivity contribution >= 4 is 16.0 Å². The number of fused-ring (bicyclic) bond motifs is 1. The minimum Gasteiger partial charge on any atom is -0.462 e. The molecule has 2 aliphatic carbocycles. The van der Waals surface area contributed by atoms with Crippen LogP contribution in [0.2, 0.25) is 0 Å². The summed E-state index contributed by atoms with van der Waals surface area (Å²) in [5.74, 6) is 0.658. The maximum absolute atomic E-state index is 13.1. The maximum Gasteiger partial charge on any atom is 0.309 e. The molecule has 160 valence electrons. The highest BCUT2D eigenvalue weighted by atomic mass is 32.2. The van der Waals surface area contributed by atoms with Crippen molar-refractivity contribution in [3.05, 3.63) is 30.1 Å². The Balaban J connectivity index is 1.29. The van der Waals surface area contributed by atoms with Gasteiger partial charge in [0.1, 0.15) is 11.9 Å². The average Bonchev–Trinajstić information content (AvgIpc) is 2.74. The molecule has 0 amide bonds. The number of halogens is 1. The molecule has 3 atom stereocenters. The van der Waals surface area contributed by atoms with Crippen LogP contribution in [-0.2, 0) is 19.6 Å². The monoisotopic (exact) mass is 423 g/mol. The van der Waals surface area contributed by atoms with Crippen molar-refractivity contribution < 1.29 is 22.3 Å². The molecule has 0 unspecified atom stereocenters. The number of hydrogen-bond acceptors (Lipinski definition) is 4. The summed E-state index contributed by atoms with van der Waals surface area (Å²) < 4.78 is 45.7. The first-order valence-electron chi connectivity index (χ1n) is 10.9. The van der Waals surface area contributed by atoms with Gasteiger partial charge in [-0.05, 0) is 68.2 Å². The molecule has 1 saturated heterocycles. The Morgan fingerprint density at radius 3 is 2.28 bits per heavy atom. The molecule has 1 aromatic rings. The first-order valence-corrected chi connectivity index (χ1v) is 12.3. The van der Waals surface area contributed by atoms with E-state index in [1.807, 2.05) is 0 Å². The van der Waals surface area contributed by atoms with E-state index in [9.17, 15) is 17.6 Å². The molecule has 0 aromatic heterocycles. The fourth-order valence-electron chi connectivity index (χ4n) is 5.29. The number of ether oxygens (including phenoxy) is 1. The average molecular weight is 424 g/mol. The quantitative estimate of drug-likeness (QED) is 0.683. The first-order chi connectivity index (χ1) is 13.9. The van der Waals surface area contributed by atoms with Gasteiger partial charge in [0.25, 0.3) is 0 Å². The summed E-state index contributed by atoms with van der Waals surface area (Å²) >= 11 is 0. The Morgan fingerprint density at radius 1 is 0.931 bits per heavy atom. The smallest absolute Gasteiger partial charge is 0.309 e. The van der Waals surface area contributed by atoms with Gasteiger partial charge in [-0.1, -0.05) is 25.7 Å². The van der Waals surface area contributed by atoms with Crippen LogP contribution in [0.15, 0.2) is 29.2 Å². The first kappa shape index (κ1) is 20.8. The SMILES string of the molecule is O=C(O[C@@H]1CC[C@@H]2CCCC[C@@H]2C1)C1CCN(S(=O)(=O)c2ccc(F)cc2)CC1. The largest absolute Gasteiger partial charge is 0.462 e. The number of carbonyl (C=O) groups is 1. The lowest BCUT2D eigenvalue weighted by molar-refractivity contribution is -0.158. The zero-order valence-corrected chi connectivity index (χ0v) is 17.6. The molecule has 5 nitrogen and oxygen atoms in total. The lowest BCUT2D eigenvalue weighted by Crippen LogP contribution is -2.41. The summed E-state index contributed by atoms with van der Waals surface area (Å²) in [5.41, 5.74) is 0. The van der Waals surface area contributed by atoms with Crippen LogP contribution in [0.5, 0.6) is 0 Å². The lowest BCUT2D eigenvalue weighted by Gasteiger charge is -2.39. The Bertz CT molecular complexity index is 818. The summed E-state index contributed by atoms with van der Waals surface area (Å²) in [6, 6.07) is 4.87. The van der Waals surface area contributed by atoms with E-state index in [1.165, 1.54) is 42.1 Å². The van der Waals surface area contributed by atoms with Crippen LogP contribution >= 0.6 is 0 Å². The predicted molar refractivity (Wildman–Crippen MR) is 107 cm³/mol. The molecular weight excluding hydrogens is 393 g/mol. The molecule has 4 rings (SSSR count). The van der Waals surface area contributed by atoms with Crippen molar-refractivity contribution in [1.29, 1.82) is 0 Å². The molecule has 2 saturated carbocycles. The number of sulfonamides is 1. The van der Waals surface area contributed by atoms with E-state index < -0.39 is 15.8 Å². The second-order valence-corrected chi connectivity index (χ2v) is 10.7. The Labute approximate surface area is 172 Å². The molecule has 7 heteroatoms. The third-order valence-electron chi connectivity index (χ3n) is 7.01. The van der Waals surface area contributed by atoms with Crippen LogP contribution in [0.1, 0.15) is 57.8 Å². The van der Waals surface area contributed by atoms with E-state index in [2.05, 4.69) is 0 Å². The van der Waals surface area contributed by atoms with Crippen molar-refractivity contribution in [3.63, 3.8) is 0 Å². The normalized spacial score (nSPS) is 29.2. The molecule has 1 heterocycles. The van der Waals surface area contributed by atoms with Crippen LogP contribution in [0, 0.1) is 23.6 Å². The van der Waals surface area contributed by atoms with E-state index in [0.717, 1.165) is 37.3 Å². The maximum atomic E-state index is 13.1. The van der Waals surface area contributed by atoms with Gasteiger partial charge in [0.05, 0.1) is 10.8 Å². The number of rotatable bonds is 4. The van der Waals surface area contributed by atoms with Crippen LogP contribution < -0.4 is 0 Å². The van der Waals surface area contributed by atoms with Gasteiger partial charge in [-0.2, -0.15) is 4.31 Å². The van der Waals surface area contributed by atoms with Gasteiger partial charge in [-0.25, -0.2) is 12.8 Å². The minimum absolute atomic E-state index is 0.0304. The molecule has 3 fully saturated rings. The number of nitrogens with zero attached hydrogens (tertiary/aromatic N) is 1. The topological polar surface area (TPSA) is 63.7 Å². The molecule has 0 spiro atoms. The fourth-order valence-corrected chi connectivity index (χ4v) is 6.76. The fraction of sp³-hybridized carbons (Fsp3) is 0.682. The van der Waals surface area contributed by atoms with Gasteiger partial charge in [0.15, 0.2) is 0 Å². The molecule has 0 bridgehead atoms. The minimum atomic E-state index is -3.65. The zero-order chi connectivity index (χ0) is 20.4. The lowest BCUT2D eigenvalue weighted by atomic mass is 9.70. The van der Waals surface area contributed by atoms with Crippen LogP contribution in [-0.4, -0.2) is 37.9 Å². The third kappa shape index (κ3) is 4.66. The van der Waals surface area contributed by atoms with Crippen LogP contribution in [0.3, 0.4) is 0 Å². The van der Waals surface area contributed by atoms with Crippen molar-refractivity contribution in [2.45, 2.75) is 68.8 Å². The van der Waals surface area contributed by atoms with Gasteiger partial charge in [-0.15, -0.1) is 0 Å². The highest BCUT2D eigenvalue weighted by molar-refractivity contribution is 7.89. The molecule has 0 radical (unpaired) electrons. The second-order valence-electron chi connectivity index (χ2n) is 8.81. The van der Waals surface area contributed by atoms with Crippen molar-refractivity contribution in [1.82, 2.24) is 4.31 Å². The van der Waals surface area contributed by atoms with Gasteiger partial charge in [0.2, 0.25) is 10.0 Å². The van der Waals surface area contributed by atoms with Crippen molar-refractivity contribution in [2.75, 3.05) is 13.1 Å². The van der Waals surface area contributed by atoms with Crippen LogP contribution in [0.4, 0.5) is 4.39 Å². The Hall–Kier alpha value is -1.47. The summed E-state index contributed by atoms with van der Waals surface area (Å²) in [5, 5.41) is 0. The van der Waals surface area contributed by atoms with Crippen molar-refractivity contribution in [2.24, 2.45) is 17.8 Å². The summed E-state index contributed by atoms with van der Waals surface area (Å²) in [4.78, 5) is 12.7. The van der Waals surface area contributed by atoms with Gasteiger partial charge < -0.3 is 4.74 Å². The van der Waals surface area contributed by atoms with Gasteiger partial charge in [-0.3, -0.25) is 4.79 Å². The number of piperidine rings is 1. The molecule has 1 aromatic carbocycles. The van der Waals surface area contributed by atoms with E-state index >= 15 is 0 Å².